The molecule has 0 bridgehead atoms. The maximum absolute atomic E-state index is 12.1. The van der Waals surface area contributed by atoms with Crippen LogP contribution in [-0.2, 0) is 4.79 Å². The monoisotopic (exact) mass is 318 g/mol. The molecule has 5 heteroatoms. The molecule has 1 heterocycles. The van der Waals surface area contributed by atoms with Gasteiger partial charge in [0.05, 0.1) is 14.9 Å². The van der Waals surface area contributed by atoms with Crippen LogP contribution in [0.4, 0.5) is 0 Å². The zero-order chi connectivity index (χ0) is 14.8. The third-order valence-corrected chi connectivity index (χ3v) is 4.96. The first-order valence-electron chi connectivity index (χ1n) is 6.80. The molecule has 0 spiro atoms. The zero-order valence-electron chi connectivity index (χ0n) is 11.5. The molecule has 1 amide bonds. The minimum absolute atomic E-state index is 0.00847. The van der Waals surface area contributed by atoms with E-state index >= 15 is 0 Å². The number of halogens is 1. The first kappa shape index (κ1) is 14.3. The summed E-state index contributed by atoms with van der Waals surface area (Å²) < 4.78 is 0.720. The lowest BCUT2D eigenvalue weighted by molar-refractivity contribution is -0.122. The van der Waals surface area contributed by atoms with E-state index in [0.29, 0.717) is 5.92 Å². The summed E-state index contributed by atoms with van der Waals surface area (Å²) >= 11 is 7.34. The third kappa shape index (κ3) is 3.34. The van der Waals surface area contributed by atoms with E-state index < -0.39 is 0 Å². The minimum atomic E-state index is -0.00847. The van der Waals surface area contributed by atoms with Gasteiger partial charge in [0.2, 0.25) is 5.91 Å². The van der Waals surface area contributed by atoms with E-state index in [9.17, 15) is 4.79 Å². The number of nitrogens with zero attached hydrogens (tertiary/aromatic N) is 1. The Hall–Kier alpha value is -1.65. The Balaban J connectivity index is 1.58. The average Bonchev–Trinajstić information content (AvgIpc) is 3.20. The number of rotatable bonds is 4. The summed E-state index contributed by atoms with van der Waals surface area (Å²) in [5.41, 5.74) is 4.66. The Bertz CT molecular complexity index is 681. The molecule has 1 saturated carbocycles. The van der Waals surface area contributed by atoms with Crippen molar-refractivity contribution >= 4 is 34.6 Å². The van der Waals surface area contributed by atoms with E-state index in [2.05, 4.69) is 22.7 Å². The molecule has 0 saturated heterocycles. The lowest BCUT2D eigenvalue weighted by atomic mass is 10.1. The molecule has 1 aliphatic carbocycles. The highest BCUT2D eigenvalue weighted by Crippen LogP contribution is 2.47. The molecule has 21 heavy (non-hydrogen) atoms. The molecule has 0 unspecified atom stereocenters. The van der Waals surface area contributed by atoms with Gasteiger partial charge in [-0.3, -0.25) is 4.79 Å². The Labute approximate surface area is 132 Å². The fraction of sp³-hybridized carbons (Fsp3) is 0.250. The number of hydrogen-bond donors (Lipinski definition) is 1. The molecule has 3 nitrogen and oxygen atoms in total. The van der Waals surface area contributed by atoms with Gasteiger partial charge in [0, 0.05) is 5.92 Å². The number of hydrogen-bond acceptors (Lipinski definition) is 3. The normalized spacial score (nSPS) is 21.1. The molecule has 2 aromatic rings. The van der Waals surface area contributed by atoms with Crippen LogP contribution in [0.3, 0.4) is 0 Å². The molecule has 3 rings (SSSR count). The van der Waals surface area contributed by atoms with Crippen LogP contribution in [-0.4, -0.2) is 11.6 Å². The molecule has 0 radical (unpaired) electrons. The minimum Gasteiger partial charge on any atom is -0.273 e. The number of amides is 1. The molecule has 1 aliphatic rings. The molecule has 1 aromatic carbocycles. The van der Waals surface area contributed by atoms with Gasteiger partial charge >= 0.3 is 0 Å². The molecular formula is C16H15ClN2OS. The lowest BCUT2D eigenvalue weighted by Gasteiger charge is -2.01. The van der Waals surface area contributed by atoms with Gasteiger partial charge in [0.25, 0.3) is 0 Å². The second-order valence-corrected chi connectivity index (χ2v) is 6.85. The van der Waals surface area contributed by atoms with Crippen molar-refractivity contribution in [3.05, 3.63) is 57.2 Å². The maximum atomic E-state index is 12.1. The molecule has 1 aromatic heterocycles. The molecule has 2 atom stereocenters. The summed E-state index contributed by atoms with van der Waals surface area (Å²) in [7, 11) is 0. The van der Waals surface area contributed by atoms with Gasteiger partial charge in [-0.1, -0.05) is 41.9 Å². The first-order chi connectivity index (χ1) is 10.1. The first-order valence-corrected chi connectivity index (χ1v) is 7.99. The topological polar surface area (TPSA) is 41.5 Å². The van der Waals surface area contributed by atoms with Crippen molar-refractivity contribution in [2.24, 2.45) is 11.0 Å². The quantitative estimate of drug-likeness (QED) is 0.670. The molecular weight excluding hydrogens is 304 g/mol. The number of thiophene rings is 1. The van der Waals surface area contributed by atoms with E-state index in [1.807, 2.05) is 37.3 Å². The van der Waals surface area contributed by atoms with Gasteiger partial charge in [-0.25, -0.2) is 5.43 Å². The van der Waals surface area contributed by atoms with Gasteiger partial charge < -0.3 is 0 Å². The molecule has 1 N–H and O–H groups in total. The van der Waals surface area contributed by atoms with Crippen LogP contribution in [0.1, 0.15) is 29.7 Å². The van der Waals surface area contributed by atoms with Crippen molar-refractivity contribution in [3.63, 3.8) is 0 Å². The predicted octanol–water partition coefficient (Wildman–Crippen LogP) is 4.05. The summed E-state index contributed by atoms with van der Waals surface area (Å²) in [6.45, 7) is 1.87. The summed E-state index contributed by atoms with van der Waals surface area (Å²) in [6.07, 6.45) is 0.898. The highest BCUT2D eigenvalue weighted by molar-refractivity contribution is 7.18. The summed E-state index contributed by atoms with van der Waals surface area (Å²) in [4.78, 5) is 13.1. The van der Waals surface area contributed by atoms with E-state index in [1.165, 1.54) is 16.9 Å². The number of hydrazone groups is 1. The van der Waals surface area contributed by atoms with Crippen LogP contribution in [0.2, 0.25) is 4.34 Å². The van der Waals surface area contributed by atoms with Crippen molar-refractivity contribution in [1.29, 1.82) is 0 Å². The molecule has 1 fully saturated rings. The Kier molecular flexibility index (Phi) is 4.08. The number of nitrogens with one attached hydrogen (secondary N) is 1. The number of benzene rings is 1. The smallest absolute Gasteiger partial charge is 0.243 e. The van der Waals surface area contributed by atoms with Gasteiger partial charge in [0.15, 0.2) is 0 Å². The van der Waals surface area contributed by atoms with Crippen molar-refractivity contribution in [1.82, 2.24) is 5.43 Å². The predicted molar refractivity (Wildman–Crippen MR) is 87.0 cm³/mol. The largest absolute Gasteiger partial charge is 0.273 e. The highest BCUT2D eigenvalue weighted by Gasteiger charge is 2.43. The van der Waals surface area contributed by atoms with E-state index in [1.54, 1.807) is 0 Å². The highest BCUT2D eigenvalue weighted by atomic mass is 35.5. The second kappa shape index (κ2) is 6.00. The van der Waals surface area contributed by atoms with E-state index in [0.717, 1.165) is 21.3 Å². The van der Waals surface area contributed by atoms with Crippen LogP contribution in [0, 0.1) is 5.92 Å². The SMILES string of the molecule is C/C(=N/NC(=O)[C@@H]1C[C@@H]1c1ccccc1)c1ccc(Cl)s1. The lowest BCUT2D eigenvalue weighted by Crippen LogP contribution is -2.21. The van der Waals surface area contributed by atoms with Crippen LogP contribution in [0.15, 0.2) is 47.6 Å². The van der Waals surface area contributed by atoms with E-state index in [-0.39, 0.29) is 11.8 Å². The van der Waals surface area contributed by atoms with Crippen LogP contribution in [0.5, 0.6) is 0 Å². The Morgan fingerprint density at radius 3 is 2.71 bits per heavy atom. The number of carbonyl (C=O) groups is 1. The fourth-order valence-corrected chi connectivity index (χ4v) is 3.33. The maximum Gasteiger partial charge on any atom is 0.243 e. The van der Waals surface area contributed by atoms with Crippen LogP contribution in [0.25, 0.3) is 0 Å². The summed E-state index contributed by atoms with van der Waals surface area (Å²) in [6, 6.07) is 13.9. The van der Waals surface area contributed by atoms with Gasteiger partial charge in [-0.2, -0.15) is 5.10 Å². The third-order valence-electron chi connectivity index (χ3n) is 3.62. The Morgan fingerprint density at radius 1 is 1.29 bits per heavy atom. The molecule has 0 aliphatic heterocycles. The average molecular weight is 319 g/mol. The van der Waals surface area contributed by atoms with Gasteiger partial charge in [-0.05, 0) is 37.0 Å². The second-order valence-electron chi connectivity index (χ2n) is 5.14. The summed E-state index contributed by atoms with van der Waals surface area (Å²) in [5, 5.41) is 4.17. The summed E-state index contributed by atoms with van der Waals surface area (Å²) in [5.74, 6) is 0.361. The fourth-order valence-electron chi connectivity index (χ4n) is 2.34. The van der Waals surface area contributed by atoms with Crippen molar-refractivity contribution < 1.29 is 4.79 Å². The van der Waals surface area contributed by atoms with E-state index in [4.69, 9.17) is 11.6 Å². The standard InChI is InChI=1S/C16H15ClN2OS/c1-10(14-7-8-15(17)21-14)18-19-16(20)13-9-12(13)11-5-3-2-4-6-11/h2-8,12-13H,9H2,1H3,(H,19,20)/b18-10-/t12-,13-/m1/s1. The zero-order valence-corrected chi connectivity index (χ0v) is 13.1. The van der Waals surface area contributed by atoms with Crippen LogP contribution < -0.4 is 5.43 Å². The van der Waals surface area contributed by atoms with Crippen molar-refractivity contribution in [2.75, 3.05) is 0 Å². The van der Waals surface area contributed by atoms with Crippen molar-refractivity contribution in [3.8, 4) is 0 Å². The van der Waals surface area contributed by atoms with Gasteiger partial charge in [0.1, 0.15) is 0 Å². The van der Waals surface area contributed by atoms with Crippen molar-refractivity contribution in [2.45, 2.75) is 19.3 Å². The molecule has 108 valence electrons. The van der Waals surface area contributed by atoms with Gasteiger partial charge in [-0.15, -0.1) is 11.3 Å². The Morgan fingerprint density at radius 2 is 2.05 bits per heavy atom. The number of carbonyl (C=O) groups excluding carboxylic acids is 1. The van der Waals surface area contributed by atoms with Crippen LogP contribution >= 0.6 is 22.9 Å².